The molecule has 0 aliphatic rings. The predicted molar refractivity (Wildman–Crippen MR) is 46.2 cm³/mol. The molecule has 0 aliphatic carbocycles. The Bertz CT molecular complexity index is 294. The Balaban J connectivity index is 3.27. The molecule has 0 aromatic heterocycles. The lowest BCUT2D eigenvalue weighted by molar-refractivity contribution is 0.109. The molecule has 2 nitrogen and oxygen atoms in total. The molecule has 0 atom stereocenters. The summed E-state index contributed by atoms with van der Waals surface area (Å²) in [5, 5.41) is 8.84. The van der Waals surface area contributed by atoms with Gasteiger partial charge in [0.2, 0.25) is 5.12 Å². The zero-order valence-corrected chi connectivity index (χ0v) is 6.93. The van der Waals surface area contributed by atoms with Gasteiger partial charge in [0.05, 0.1) is 0 Å². The van der Waals surface area contributed by atoms with Gasteiger partial charge in [0, 0.05) is 11.1 Å². The molecular weight excluding hydrogens is 160 g/mol. The standard InChI is InChI=1S/C8H8O2S/c1-5-6(8(10)11)3-2-4-7(5)9/h2-4,9H,1H3,(H,10,11). The molecule has 0 spiro atoms. The number of carbonyl (C=O) groups excluding carboxylic acids is 1. The first-order valence-electron chi connectivity index (χ1n) is 3.15. The molecule has 11 heavy (non-hydrogen) atoms. The van der Waals surface area contributed by atoms with E-state index in [9.17, 15) is 4.79 Å². The number of rotatable bonds is 1. The van der Waals surface area contributed by atoms with Gasteiger partial charge in [0.25, 0.3) is 0 Å². The summed E-state index contributed by atoms with van der Waals surface area (Å²) in [5.41, 5.74) is 1.03. The van der Waals surface area contributed by atoms with Crippen LogP contribution >= 0.6 is 12.6 Å². The van der Waals surface area contributed by atoms with Gasteiger partial charge >= 0.3 is 0 Å². The summed E-state index contributed by atoms with van der Waals surface area (Å²) in [6.07, 6.45) is 0. The lowest BCUT2D eigenvalue weighted by Gasteiger charge is -2.01. The lowest BCUT2D eigenvalue weighted by Crippen LogP contribution is -1.92. The molecule has 1 N–H and O–H groups in total. The average molecular weight is 168 g/mol. The van der Waals surface area contributed by atoms with E-state index in [1.807, 2.05) is 0 Å². The molecule has 0 amide bonds. The molecule has 0 aliphatic heterocycles. The summed E-state index contributed by atoms with van der Waals surface area (Å²) >= 11 is 3.65. The molecule has 0 radical (unpaired) electrons. The molecule has 1 rings (SSSR count). The Morgan fingerprint density at radius 3 is 2.64 bits per heavy atom. The summed E-state index contributed by atoms with van der Waals surface area (Å²) in [7, 11) is 0. The predicted octanol–water partition coefficient (Wildman–Crippen LogP) is 1.77. The molecule has 0 bridgehead atoms. The molecule has 0 unspecified atom stereocenters. The third kappa shape index (κ3) is 1.54. The number of hydrogen-bond donors (Lipinski definition) is 2. The number of aromatic hydroxyl groups is 1. The van der Waals surface area contributed by atoms with E-state index in [1.54, 1.807) is 19.1 Å². The second kappa shape index (κ2) is 2.96. The van der Waals surface area contributed by atoms with Crippen molar-refractivity contribution in [2.24, 2.45) is 0 Å². The third-order valence-corrected chi connectivity index (χ3v) is 1.78. The Hall–Kier alpha value is -0.960. The number of phenols is 1. The largest absolute Gasteiger partial charge is 0.508 e. The second-order valence-corrected chi connectivity index (χ2v) is 2.66. The van der Waals surface area contributed by atoms with Gasteiger partial charge < -0.3 is 5.11 Å². The molecule has 1 aromatic carbocycles. The van der Waals surface area contributed by atoms with Crippen LogP contribution in [-0.4, -0.2) is 10.2 Å². The maximum Gasteiger partial charge on any atom is 0.216 e. The highest BCUT2D eigenvalue weighted by Crippen LogP contribution is 2.20. The first-order chi connectivity index (χ1) is 5.13. The SMILES string of the molecule is Cc1c(O)cccc1C(=O)S. The van der Waals surface area contributed by atoms with E-state index >= 15 is 0 Å². The van der Waals surface area contributed by atoms with E-state index in [-0.39, 0.29) is 10.9 Å². The zero-order chi connectivity index (χ0) is 8.43. The Morgan fingerprint density at radius 2 is 2.18 bits per heavy atom. The van der Waals surface area contributed by atoms with Crippen LogP contribution in [0.15, 0.2) is 18.2 Å². The minimum atomic E-state index is -0.321. The Kier molecular flexibility index (Phi) is 2.19. The van der Waals surface area contributed by atoms with Crippen LogP contribution in [0.3, 0.4) is 0 Å². The number of phenolic OH excluding ortho intramolecular Hbond substituents is 1. The van der Waals surface area contributed by atoms with Gasteiger partial charge in [-0.2, -0.15) is 0 Å². The fourth-order valence-corrected chi connectivity index (χ4v) is 1.10. The van der Waals surface area contributed by atoms with Crippen LogP contribution in [-0.2, 0) is 0 Å². The number of carbonyl (C=O) groups is 1. The third-order valence-electron chi connectivity index (χ3n) is 1.54. The van der Waals surface area contributed by atoms with Crippen LogP contribution in [0.5, 0.6) is 5.75 Å². The van der Waals surface area contributed by atoms with E-state index in [0.29, 0.717) is 11.1 Å². The molecule has 0 fully saturated rings. The molecule has 0 heterocycles. The molecule has 3 heteroatoms. The number of hydrogen-bond acceptors (Lipinski definition) is 2. The van der Waals surface area contributed by atoms with Crippen molar-refractivity contribution in [1.29, 1.82) is 0 Å². The summed E-state index contributed by atoms with van der Waals surface area (Å²) in [6.45, 7) is 1.68. The van der Waals surface area contributed by atoms with Crippen LogP contribution in [0.2, 0.25) is 0 Å². The average Bonchev–Trinajstić information content (AvgIpc) is 1.94. The van der Waals surface area contributed by atoms with Gasteiger partial charge in [-0.3, -0.25) is 4.79 Å². The van der Waals surface area contributed by atoms with Gasteiger partial charge in [-0.15, -0.1) is 12.6 Å². The van der Waals surface area contributed by atoms with E-state index in [1.165, 1.54) is 6.07 Å². The second-order valence-electron chi connectivity index (χ2n) is 2.25. The van der Waals surface area contributed by atoms with Crippen molar-refractivity contribution in [3.63, 3.8) is 0 Å². The summed E-state index contributed by atoms with van der Waals surface area (Å²) in [4.78, 5) is 10.8. The maximum atomic E-state index is 10.8. The highest BCUT2D eigenvalue weighted by atomic mass is 32.1. The van der Waals surface area contributed by atoms with E-state index in [0.717, 1.165) is 0 Å². The number of benzene rings is 1. The van der Waals surface area contributed by atoms with Gasteiger partial charge in [0.1, 0.15) is 5.75 Å². The van der Waals surface area contributed by atoms with Crippen molar-refractivity contribution >= 4 is 17.7 Å². The molecular formula is C8H8O2S. The summed E-state index contributed by atoms with van der Waals surface area (Å²) < 4.78 is 0. The van der Waals surface area contributed by atoms with Crippen molar-refractivity contribution in [2.45, 2.75) is 6.92 Å². The molecule has 0 saturated heterocycles. The van der Waals surface area contributed by atoms with Crippen LogP contribution in [0.1, 0.15) is 15.9 Å². The highest BCUT2D eigenvalue weighted by Gasteiger charge is 2.06. The van der Waals surface area contributed by atoms with Gasteiger partial charge in [-0.1, -0.05) is 6.07 Å². The van der Waals surface area contributed by atoms with Crippen molar-refractivity contribution < 1.29 is 9.90 Å². The van der Waals surface area contributed by atoms with Gasteiger partial charge in [-0.05, 0) is 19.1 Å². The van der Waals surface area contributed by atoms with E-state index in [2.05, 4.69) is 12.6 Å². The monoisotopic (exact) mass is 168 g/mol. The zero-order valence-electron chi connectivity index (χ0n) is 6.03. The number of thiol groups is 1. The van der Waals surface area contributed by atoms with Crippen LogP contribution in [0, 0.1) is 6.92 Å². The van der Waals surface area contributed by atoms with Crippen LogP contribution in [0.4, 0.5) is 0 Å². The molecule has 58 valence electrons. The van der Waals surface area contributed by atoms with Gasteiger partial charge in [0.15, 0.2) is 0 Å². The quantitative estimate of drug-likeness (QED) is 0.627. The smallest absolute Gasteiger partial charge is 0.216 e. The van der Waals surface area contributed by atoms with Crippen molar-refractivity contribution in [3.8, 4) is 5.75 Å². The van der Waals surface area contributed by atoms with Crippen molar-refractivity contribution in [3.05, 3.63) is 29.3 Å². The van der Waals surface area contributed by atoms with Gasteiger partial charge in [-0.25, -0.2) is 0 Å². The fraction of sp³-hybridized carbons (Fsp3) is 0.125. The topological polar surface area (TPSA) is 37.3 Å². The molecule has 1 aromatic rings. The van der Waals surface area contributed by atoms with Crippen LogP contribution < -0.4 is 0 Å². The van der Waals surface area contributed by atoms with E-state index < -0.39 is 0 Å². The minimum absolute atomic E-state index is 0.130. The normalized spacial score (nSPS) is 9.64. The Morgan fingerprint density at radius 1 is 1.55 bits per heavy atom. The maximum absolute atomic E-state index is 10.8. The fourth-order valence-electron chi connectivity index (χ4n) is 0.855. The minimum Gasteiger partial charge on any atom is -0.508 e. The summed E-state index contributed by atoms with van der Waals surface area (Å²) in [5.74, 6) is 0.130. The first kappa shape index (κ1) is 8.14. The van der Waals surface area contributed by atoms with Crippen molar-refractivity contribution in [2.75, 3.05) is 0 Å². The molecule has 0 saturated carbocycles. The summed E-state index contributed by atoms with van der Waals surface area (Å²) in [6, 6.07) is 4.78. The van der Waals surface area contributed by atoms with E-state index in [4.69, 9.17) is 5.11 Å². The van der Waals surface area contributed by atoms with Crippen LogP contribution in [0.25, 0.3) is 0 Å². The lowest BCUT2D eigenvalue weighted by atomic mass is 10.1. The highest BCUT2D eigenvalue weighted by molar-refractivity contribution is 7.97. The Labute approximate surface area is 70.3 Å². The van der Waals surface area contributed by atoms with Crippen molar-refractivity contribution in [1.82, 2.24) is 0 Å². The first-order valence-corrected chi connectivity index (χ1v) is 3.59.